The molecule has 2 N–H and O–H groups in total. The third-order valence-electron chi connectivity index (χ3n) is 2.53. The van der Waals surface area contributed by atoms with E-state index in [1.807, 2.05) is 0 Å². The van der Waals surface area contributed by atoms with Gasteiger partial charge in [0.1, 0.15) is 0 Å². The molecule has 0 aromatic rings. The maximum atomic E-state index is 5.68. The predicted molar refractivity (Wildman–Crippen MR) is 46.4 cm³/mol. The normalized spacial score (nSPS) is 34.1. The Balaban J connectivity index is 2.15. The summed E-state index contributed by atoms with van der Waals surface area (Å²) in [5.41, 5.74) is 5.68. The summed E-state index contributed by atoms with van der Waals surface area (Å²) in [5, 5.41) is 0. The smallest absolute Gasteiger partial charge is 0.0576 e. The van der Waals surface area contributed by atoms with Crippen LogP contribution in [0.5, 0.6) is 0 Å². The summed E-state index contributed by atoms with van der Waals surface area (Å²) in [4.78, 5) is 0. The molecule has 0 aromatic carbocycles. The zero-order chi connectivity index (χ0) is 8.27. The Morgan fingerprint density at radius 3 is 2.82 bits per heavy atom. The van der Waals surface area contributed by atoms with Gasteiger partial charge in [-0.1, -0.05) is 0 Å². The Morgan fingerprint density at radius 2 is 2.36 bits per heavy atom. The third-order valence-corrected chi connectivity index (χ3v) is 2.53. The lowest BCUT2D eigenvalue weighted by Crippen LogP contribution is -2.18. The van der Waals surface area contributed by atoms with Crippen LogP contribution < -0.4 is 5.73 Å². The van der Waals surface area contributed by atoms with Gasteiger partial charge in [-0.2, -0.15) is 0 Å². The summed E-state index contributed by atoms with van der Waals surface area (Å²) in [7, 11) is 0. The SMILES string of the molecule is CC(N)CCC1CCOC1C. The lowest BCUT2D eigenvalue weighted by molar-refractivity contribution is 0.103. The molecule has 2 nitrogen and oxygen atoms in total. The Hall–Kier alpha value is -0.0800. The minimum absolute atomic E-state index is 0.350. The molecule has 3 unspecified atom stereocenters. The van der Waals surface area contributed by atoms with Crippen molar-refractivity contribution >= 4 is 0 Å². The van der Waals surface area contributed by atoms with Crippen molar-refractivity contribution in [2.24, 2.45) is 11.7 Å². The minimum Gasteiger partial charge on any atom is -0.378 e. The number of hydrogen-bond donors (Lipinski definition) is 1. The van der Waals surface area contributed by atoms with E-state index in [1.54, 1.807) is 0 Å². The molecular formula is C9H19NO. The van der Waals surface area contributed by atoms with Crippen molar-refractivity contribution in [2.75, 3.05) is 6.61 Å². The van der Waals surface area contributed by atoms with Gasteiger partial charge in [-0.3, -0.25) is 0 Å². The average Bonchev–Trinajstić information content (AvgIpc) is 2.31. The van der Waals surface area contributed by atoms with Crippen LogP contribution in [0.1, 0.15) is 33.1 Å². The number of nitrogens with two attached hydrogens (primary N) is 1. The molecule has 11 heavy (non-hydrogen) atoms. The van der Waals surface area contributed by atoms with E-state index in [0.717, 1.165) is 18.9 Å². The molecule has 0 spiro atoms. The first kappa shape index (κ1) is 9.01. The van der Waals surface area contributed by atoms with Gasteiger partial charge in [0.25, 0.3) is 0 Å². The van der Waals surface area contributed by atoms with Crippen LogP contribution in [-0.2, 0) is 4.74 Å². The summed E-state index contributed by atoms with van der Waals surface area (Å²) in [6.45, 7) is 5.18. The fourth-order valence-corrected chi connectivity index (χ4v) is 1.63. The van der Waals surface area contributed by atoms with Crippen molar-refractivity contribution < 1.29 is 4.74 Å². The van der Waals surface area contributed by atoms with E-state index < -0.39 is 0 Å². The second-order valence-corrected chi connectivity index (χ2v) is 3.68. The van der Waals surface area contributed by atoms with Crippen molar-refractivity contribution in [1.82, 2.24) is 0 Å². The molecule has 0 aromatic heterocycles. The van der Waals surface area contributed by atoms with Crippen LogP contribution in [-0.4, -0.2) is 18.8 Å². The molecule has 0 aliphatic carbocycles. The van der Waals surface area contributed by atoms with Crippen molar-refractivity contribution in [3.63, 3.8) is 0 Å². The standard InChI is InChI=1S/C9H19NO/c1-7(10)3-4-9-5-6-11-8(9)2/h7-9H,3-6,10H2,1-2H3. The highest BCUT2D eigenvalue weighted by atomic mass is 16.5. The summed E-state index contributed by atoms with van der Waals surface area (Å²) in [6.07, 6.45) is 4.07. The highest BCUT2D eigenvalue weighted by molar-refractivity contribution is 4.73. The molecule has 2 heteroatoms. The van der Waals surface area contributed by atoms with Gasteiger partial charge in [0.15, 0.2) is 0 Å². The van der Waals surface area contributed by atoms with E-state index in [0.29, 0.717) is 12.1 Å². The molecule has 66 valence electrons. The van der Waals surface area contributed by atoms with Crippen LogP contribution in [0.25, 0.3) is 0 Å². The van der Waals surface area contributed by atoms with E-state index in [4.69, 9.17) is 10.5 Å². The largest absolute Gasteiger partial charge is 0.378 e. The number of rotatable bonds is 3. The predicted octanol–water partition coefficient (Wildman–Crippen LogP) is 1.54. The van der Waals surface area contributed by atoms with Crippen LogP contribution >= 0.6 is 0 Å². The van der Waals surface area contributed by atoms with Gasteiger partial charge in [0.05, 0.1) is 6.10 Å². The van der Waals surface area contributed by atoms with Crippen molar-refractivity contribution in [3.8, 4) is 0 Å². The monoisotopic (exact) mass is 157 g/mol. The highest BCUT2D eigenvalue weighted by Crippen LogP contribution is 2.25. The van der Waals surface area contributed by atoms with E-state index in [9.17, 15) is 0 Å². The van der Waals surface area contributed by atoms with E-state index in [1.165, 1.54) is 12.8 Å². The second kappa shape index (κ2) is 4.07. The Labute approximate surface area is 69.1 Å². The Morgan fingerprint density at radius 1 is 1.64 bits per heavy atom. The maximum absolute atomic E-state index is 5.68. The van der Waals surface area contributed by atoms with Gasteiger partial charge in [0, 0.05) is 12.6 Å². The average molecular weight is 157 g/mol. The zero-order valence-electron chi connectivity index (χ0n) is 7.55. The third kappa shape index (κ3) is 2.80. The molecule has 1 saturated heterocycles. The van der Waals surface area contributed by atoms with E-state index in [2.05, 4.69) is 13.8 Å². The van der Waals surface area contributed by atoms with Crippen molar-refractivity contribution in [2.45, 2.75) is 45.3 Å². The van der Waals surface area contributed by atoms with Gasteiger partial charge in [0.2, 0.25) is 0 Å². The number of ether oxygens (including phenoxy) is 1. The molecule has 0 amide bonds. The van der Waals surface area contributed by atoms with Crippen LogP contribution in [0.3, 0.4) is 0 Å². The van der Waals surface area contributed by atoms with Gasteiger partial charge in [-0.05, 0) is 39.0 Å². The van der Waals surface area contributed by atoms with Crippen LogP contribution in [0.4, 0.5) is 0 Å². The molecule has 0 radical (unpaired) electrons. The van der Waals surface area contributed by atoms with Crippen LogP contribution in [0.15, 0.2) is 0 Å². The first-order valence-corrected chi connectivity index (χ1v) is 4.57. The second-order valence-electron chi connectivity index (χ2n) is 3.68. The van der Waals surface area contributed by atoms with Gasteiger partial charge in [-0.15, -0.1) is 0 Å². The Kier molecular flexibility index (Phi) is 3.34. The van der Waals surface area contributed by atoms with E-state index in [-0.39, 0.29) is 0 Å². The summed E-state index contributed by atoms with van der Waals surface area (Å²) < 4.78 is 5.46. The van der Waals surface area contributed by atoms with Crippen molar-refractivity contribution in [3.05, 3.63) is 0 Å². The van der Waals surface area contributed by atoms with E-state index >= 15 is 0 Å². The summed E-state index contributed by atoms with van der Waals surface area (Å²) in [6, 6.07) is 0.350. The molecule has 1 aliphatic heterocycles. The molecule has 3 atom stereocenters. The molecule has 1 rings (SSSR count). The Bertz CT molecular complexity index is 114. The minimum atomic E-state index is 0.350. The zero-order valence-corrected chi connectivity index (χ0v) is 7.55. The molecule has 1 heterocycles. The van der Waals surface area contributed by atoms with Gasteiger partial charge < -0.3 is 10.5 Å². The lowest BCUT2D eigenvalue weighted by atomic mass is 9.95. The quantitative estimate of drug-likeness (QED) is 0.674. The number of hydrogen-bond acceptors (Lipinski definition) is 2. The molecular weight excluding hydrogens is 138 g/mol. The molecule has 1 aliphatic rings. The molecule has 0 bridgehead atoms. The van der Waals surface area contributed by atoms with Gasteiger partial charge >= 0.3 is 0 Å². The first-order valence-electron chi connectivity index (χ1n) is 4.57. The highest BCUT2D eigenvalue weighted by Gasteiger charge is 2.23. The first-order chi connectivity index (χ1) is 5.20. The topological polar surface area (TPSA) is 35.2 Å². The van der Waals surface area contributed by atoms with Crippen LogP contribution in [0.2, 0.25) is 0 Å². The maximum Gasteiger partial charge on any atom is 0.0576 e. The van der Waals surface area contributed by atoms with Crippen molar-refractivity contribution in [1.29, 1.82) is 0 Å². The lowest BCUT2D eigenvalue weighted by Gasteiger charge is -2.14. The fraction of sp³-hybridized carbons (Fsp3) is 1.00. The summed E-state index contributed by atoms with van der Waals surface area (Å²) >= 11 is 0. The van der Waals surface area contributed by atoms with Gasteiger partial charge in [-0.25, -0.2) is 0 Å². The molecule has 1 fully saturated rings. The fourth-order valence-electron chi connectivity index (χ4n) is 1.63. The van der Waals surface area contributed by atoms with Crippen LogP contribution in [0, 0.1) is 5.92 Å². The summed E-state index contributed by atoms with van der Waals surface area (Å²) in [5.74, 6) is 0.765. The molecule has 0 saturated carbocycles.